The van der Waals surface area contributed by atoms with E-state index < -0.39 is 0 Å². The van der Waals surface area contributed by atoms with Gasteiger partial charge < -0.3 is 19.5 Å². The van der Waals surface area contributed by atoms with E-state index in [9.17, 15) is 5.11 Å². The first-order valence-corrected chi connectivity index (χ1v) is 6.64. The highest BCUT2D eigenvalue weighted by molar-refractivity contribution is 5.51. The number of ether oxygens (including phenoxy) is 2. The highest BCUT2D eigenvalue weighted by Gasteiger charge is 2.25. The summed E-state index contributed by atoms with van der Waals surface area (Å²) in [5.41, 5.74) is 0.906. The average molecular weight is 264 g/mol. The molecule has 0 bridgehead atoms. The van der Waals surface area contributed by atoms with Gasteiger partial charge in [-0.2, -0.15) is 0 Å². The summed E-state index contributed by atoms with van der Waals surface area (Å²) in [5, 5.41) is 10.0. The largest absolute Gasteiger partial charge is 0.507 e. The van der Waals surface area contributed by atoms with Gasteiger partial charge in [0.2, 0.25) is 6.79 Å². The van der Waals surface area contributed by atoms with Gasteiger partial charge in [-0.3, -0.25) is 4.90 Å². The minimum absolute atomic E-state index is 0.241. The topological polar surface area (TPSA) is 45.2 Å². The highest BCUT2D eigenvalue weighted by atomic mass is 16.7. The molecule has 1 N–H and O–H groups in total. The summed E-state index contributed by atoms with van der Waals surface area (Å²) in [6.07, 6.45) is 1.18. The monoisotopic (exact) mass is 264 g/mol. The third-order valence-electron chi connectivity index (χ3n) is 3.95. The van der Waals surface area contributed by atoms with Crippen LogP contribution < -0.4 is 9.47 Å². The Bertz CT molecular complexity index is 476. The molecule has 3 rings (SSSR count). The number of hydrogen-bond acceptors (Lipinski definition) is 5. The molecule has 0 aliphatic carbocycles. The maximum atomic E-state index is 10.0. The van der Waals surface area contributed by atoms with Gasteiger partial charge >= 0.3 is 0 Å². The molecule has 104 valence electrons. The van der Waals surface area contributed by atoms with Gasteiger partial charge in [0.15, 0.2) is 11.5 Å². The molecule has 2 aliphatic rings. The van der Waals surface area contributed by atoms with Crippen molar-refractivity contribution in [3.63, 3.8) is 0 Å². The molecule has 2 aliphatic heterocycles. The Morgan fingerprint density at radius 1 is 1.32 bits per heavy atom. The van der Waals surface area contributed by atoms with Crippen LogP contribution >= 0.6 is 0 Å². The SMILES string of the molecule is CN(C)C1CCN(Cc2cc3c(cc2O)OCO3)C1. The van der Waals surface area contributed by atoms with Crippen molar-refractivity contribution in [1.29, 1.82) is 0 Å². The van der Waals surface area contributed by atoms with E-state index in [2.05, 4.69) is 23.9 Å². The van der Waals surface area contributed by atoms with Crippen molar-refractivity contribution in [2.24, 2.45) is 0 Å². The Labute approximate surface area is 113 Å². The Kier molecular flexibility index (Phi) is 3.24. The number of likely N-dealkylation sites (tertiary alicyclic amines) is 1. The Hall–Kier alpha value is -1.46. The second-order valence-electron chi connectivity index (χ2n) is 5.48. The molecule has 1 atom stereocenters. The zero-order chi connectivity index (χ0) is 13.4. The summed E-state index contributed by atoms with van der Waals surface area (Å²) in [6, 6.07) is 4.15. The van der Waals surface area contributed by atoms with E-state index >= 15 is 0 Å². The fraction of sp³-hybridized carbons (Fsp3) is 0.571. The van der Waals surface area contributed by atoms with Gasteiger partial charge in [-0.1, -0.05) is 0 Å². The molecule has 1 fully saturated rings. The van der Waals surface area contributed by atoms with Crippen LogP contribution in [-0.2, 0) is 6.54 Å². The van der Waals surface area contributed by atoms with Crippen molar-refractivity contribution in [1.82, 2.24) is 9.80 Å². The number of phenolic OH excluding ortho intramolecular Hbond substituents is 1. The highest BCUT2D eigenvalue weighted by Crippen LogP contribution is 2.38. The van der Waals surface area contributed by atoms with Crippen LogP contribution in [0.3, 0.4) is 0 Å². The van der Waals surface area contributed by atoms with Crippen molar-refractivity contribution in [3.8, 4) is 17.2 Å². The van der Waals surface area contributed by atoms with Crippen molar-refractivity contribution < 1.29 is 14.6 Å². The molecule has 5 nitrogen and oxygen atoms in total. The molecule has 1 saturated heterocycles. The van der Waals surface area contributed by atoms with E-state index in [0.29, 0.717) is 11.8 Å². The summed E-state index contributed by atoms with van der Waals surface area (Å²) in [4.78, 5) is 4.63. The number of hydrogen-bond donors (Lipinski definition) is 1. The zero-order valence-electron chi connectivity index (χ0n) is 11.4. The Morgan fingerprint density at radius 2 is 2.05 bits per heavy atom. The van der Waals surface area contributed by atoms with E-state index in [0.717, 1.165) is 30.9 Å². The zero-order valence-corrected chi connectivity index (χ0v) is 11.4. The molecule has 0 radical (unpaired) electrons. The van der Waals surface area contributed by atoms with Crippen LogP contribution in [0.1, 0.15) is 12.0 Å². The third kappa shape index (κ3) is 2.48. The first-order valence-electron chi connectivity index (χ1n) is 6.64. The fourth-order valence-electron chi connectivity index (χ4n) is 2.72. The first kappa shape index (κ1) is 12.6. The van der Waals surface area contributed by atoms with E-state index in [-0.39, 0.29) is 12.5 Å². The molecule has 1 aromatic carbocycles. The van der Waals surface area contributed by atoms with Crippen LogP contribution in [0.25, 0.3) is 0 Å². The number of benzene rings is 1. The van der Waals surface area contributed by atoms with Gasteiger partial charge in [0.1, 0.15) is 5.75 Å². The lowest BCUT2D eigenvalue weighted by Gasteiger charge is -2.20. The van der Waals surface area contributed by atoms with Gasteiger partial charge in [0.25, 0.3) is 0 Å². The summed E-state index contributed by atoms with van der Waals surface area (Å²) in [6.45, 7) is 3.11. The summed E-state index contributed by atoms with van der Waals surface area (Å²) < 4.78 is 10.6. The Balaban J connectivity index is 1.71. The second-order valence-corrected chi connectivity index (χ2v) is 5.48. The molecule has 5 heteroatoms. The van der Waals surface area contributed by atoms with Crippen molar-refractivity contribution >= 4 is 0 Å². The minimum Gasteiger partial charge on any atom is -0.507 e. The first-order chi connectivity index (χ1) is 9.13. The lowest BCUT2D eigenvalue weighted by atomic mass is 10.1. The van der Waals surface area contributed by atoms with Gasteiger partial charge in [-0.05, 0) is 26.6 Å². The van der Waals surface area contributed by atoms with Crippen molar-refractivity contribution in [2.45, 2.75) is 19.0 Å². The molecule has 0 spiro atoms. The van der Waals surface area contributed by atoms with Crippen LogP contribution in [0.5, 0.6) is 17.2 Å². The minimum atomic E-state index is 0.241. The standard InChI is InChI=1S/C14H20N2O3/c1-15(2)11-3-4-16(8-11)7-10-5-13-14(6-12(10)17)19-9-18-13/h5-6,11,17H,3-4,7-9H2,1-2H3. The maximum Gasteiger partial charge on any atom is 0.231 e. The molecule has 0 aromatic heterocycles. The van der Waals surface area contributed by atoms with Crippen LogP contribution in [0, 0.1) is 0 Å². The van der Waals surface area contributed by atoms with E-state index in [4.69, 9.17) is 9.47 Å². The number of likely N-dealkylation sites (N-methyl/N-ethyl adjacent to an activating group) is 1. The number of rotatable bonds is 3. The molecule has 1 unspecified atom stereocenters. The molecule has 2 heterocycles. The molecule has 0 amide bonds. The van der Waals surface area contributed by atoms with E-state index in [1.807, 2.05) is 6.07 Å². The number of aromatic hydroxyl groups is 1. The predicted octanol–water partition coefficient (Wildman–Crippen LogP) is 1.26. The van der Waals surface area contributed by atoms with Crippen LogP contribution in [0.15, 0.2) is 12.1 Å². The Morgan fingerprint density at radius 3 is 2.74 bits per heavy atom. The van der Waals surface area contributed by atoms with Crippen molar-refractivity contribution in [3.05, 3.63) is 17.7 Å². The molecular formula is C14H20N2O3. The van der Waals surface area contributed by atoms with Gasteiger partial charge in [-0.25, -0.2) is 0 Å². The van der Waals surface area contributed by atoms with E-state index in [1.165, 1.54) is 6.42 Å². The molecular weight excluding hydrogens is 244 g/mol. The number of nitrogens with zero attached hydrogens (tertiary/aromatic N) is 2. The summed E-state index contributed by atoms with van der Waals surface area (Å²) in [5.74, 6) is 1.66. The average Bonchev–Trinajstić information content (AvgIpc) is 2.98. The lowest BCUT2D eigenvalue weighted by Crippen LogP contribution is -2.31. The third-order valence-corrected chi connectivity index (χ3v) is 3.95. The smallest absolute Gasteiger partial charge is 0.231 e. The number of fused-ring (bicyclic) bond motifs is 1. The van der Waals surface area contributed by atoms with Gasteiger partial charge in [-0.15, -0.1) is 0 Å². The summed E-state index contributed by atoms with van der Waals surface area (Å²) in [7, 11) is 4.23. The van der Waals surface area contributed by atoms with Crippen LogP contribution in [-0.4, -0.2) is 54.9 Å². The quantitative estimate of drug-likeness (QED) is 0.890. The normalized spacial score (nSPS) is 22.4. The summed E-state index contributed by atoms with van der Waals surface area (Å²) >= 11 is 0. The van der Waals surface area contributed by atoms with E-state index in [1.54, 1.807) is 6.07 Å². The van der Waals surface area contributed by atoms with Gasteiger partial charge in [0.05, 0.1) is 0 Å². The maximum absolute atomic E-state index is 10.0. The second kappa shape index (κ2) is 4.90. The lowest BCUT2D eigenvalue weighted by molar-refractivity contribution is 0.174. The molecule has 1 aromatic rings. The van der Waals surface area contributed by atoms with Crippen LogP contribution in [0.4, 0.5) is 0 Å². The van der Waals surface area contributed by atoms with Crippen molar-refractivity contribution in [2.75, 3.05) is 34.0 Å². The van der Waals surface area contributed by atoms with Gasteiger partial charge in [0, 0.05) is 37.3 Å². The molecule has 0 saturated carbocycles. The molecule has 19 heavy (non-hydrogen) atoms. The fourth-order valence-corrected chi connectivity index (χ4v) is 2.72. The number of phenols is 1. The predicted molar refractivity (Wildman–Crippen MR) is 71.6 cm³/mol. The van der Waals surface area contributed by atoms with Crippen LogP contribution in [0.2, 0.25) is 0 Å².